The van der Waals surface area contributed by atoms with Gasteiger partial charge in [-0.1, -0.05) is 42.6 Å². The Morgan fingerprint density at radius 2 is 2.21 bits per heavy atom. The molecule has 1 heterocycles. The van der Waals surface area contributed by atoms with Crippen LogP contribution in [0.15, 0.2) is 48.1 Å². The molecule has 2 rings (SSSR count). The van der Waals surface area contributed by atoms with Crippen molar-refractivity contribution in [3.05, 3.63) is 59.8 Å². The molecule has 3 nitrogen and oxygen atoms in total. The summed E-state index contributed by atoms with van der Waals surface area (Å²) in [7, 11) is 0. The van der Waals surface area contributed by atoms with Crippen LogP contribution in [0.3, 0.4) is 0 Å². The van der Waals surface area contributed by atoms with Gasteiger partial charge < -0.3 is 5.32 Å². The Balaban J connectivity index is 2.01. The summed E-state index contributed by atoms with van der Waals surface area (Å²) in [6.45, 7) is 15.6. The standard InChI is InChI=1S/C20H26N2OS/c1-7-8-17-9-10-18(13(2)11-17)12-14(3)21-19-22-15(4)20(6,24-19)16(5)23/h7,9-11,15H,1,3,8,12H2,2,4-6H3,(H,21,22). The SMILES string of the molecule is C=CCc1ccc(CC(=C)NC2=NC(C)C(C)(C(C)=O)S2)c(C)c1. The molecule has 0 bridgehead atoms. The molecular weight excluding hydrogens is 316 g/mol. The van der Waals surface area contributed by atoms with E-state index in [1.54, 1.807) is 6.92 Å². The minimum absolute atomic E-state index is 0.0322. The summed E-state index contributed by atoms with van der Waals surface area (Å²) in [6, 6.07) is 6.44. The van der Waals surface area contributed by atoms with Crippen molar-refractivity contribution in [1.82, 2.24) is 5.32 Å². The Labute approximate surface area is 149 Å². The summed E-state index contributed by atoms with van der Waals surface area (Å²) in [5.74, 6) is 0.153. The van der Waals surface area contributed by atoms with Crippen LogP contribution in [0.5, 0.6) is 0 Å². The number of nitrogens with one attached hydrogen (secondary N) is 1. The second-order valence-corrected chi connectivity index (χ2v) is 7.97. The maximum absolute atomic E-state index is 11.9. The molecule has 0 saturated carbocycles. The number of hydrogen-bond acceptors (Lipinski definition) is 4. The zero-order chi connectivity index (χ0) is 17.9. The van der Waals surface area contributed by atoms with Crippen molar-refractivity contribution in [2.24, 2.45) is 4.99 Å². The van der Waals surface area contributed by atoms with E-state index in [-0.39, 0.29) is 11.8 Å². The van der Waals surface area contributed by atoms with Crippen LogP contribution < -0.4 is 5.32 Å². The molecule has 0 aliphatic carbocycles. The fraction of sp³-hybridized carbons (Fsp3) is 0.400. The maximum Gasteiger partial charge on any atom is 0.162 e. The lowest BCUT2D eigenvalue weighted by atomic mass is 9.99. The number of allylic oxidation sites excluding steroid dienone is 2. The second kappa shape index (κ2) is 7.39. The molecule has 1 aliphatic rings. The van der Waals surface area contributed by atoms with Crippen molar-refractivity contribution in [3.63, 3.8) is 0 Å². The Morgan fingerprint density at radius 1 is 1.50 bits per heavy atom. The van der Waals surface area contributed by atoms with Gasteiger partial charge in [-0.25, -0.2) is 0 Å². The van der Waals surface area contributed by atoms with Gasteiger partial charge in [-0.05, 0) is 50.8 Å². The van der Waals surface area contributed by atoms with E-state index in [1.807, 2.05) is 19.9 Å². The summed E-state index contributed by atoms with van der Waals surface area (Å²) in [5.41, 5.74) is 4.65. The van der Waals surface area contributed by atoms with E-state index in [1.165, 1.54) is 28.5 Å². The molecule has 1 aromatic carbocycles. The number of aliphatic imine (C=N–C) groups is 1. The summed E-state index contributed by atoms with van der Waals surface area (Å²) in [6.07, 6.45) is 3.54. The molecule has 0 radical (unpaired) electrons. The molecule has 0 amide bonds. The minimum Gasteiger partial charge on any atom is -0.339 e. The number of amidine groups is 1. The molecule has 0 fully saturated rings. The quantitative estimate of drug-likeness (QED) is 0.788. The maximum atomic E-state index is 11.9. The summed E-state index contributed by atoms with van der Waals surface area (Å²) >= 11 is 1.50. The Bertz CT molecular complexity index is 708. The number of nitrogens with zero attached hydrogens (tertiary/aromatic N) is 1. The van der Waals surface area contributed by atoms with Gasteiger partial charge >= 0.3 is 0 Å². The normalized spacial score (nSPS) is 22.8. The third kappa shape index (κ3) is 3.99. The van der Waals surface area contributed by atoms with Gasteiger partial charge in [0.15, 0.2) is 5.17 Å². The monoisotopic (exact) mass is 342 g/mol. The van der Waals surface area contributed by atoms with Crippen LogP contribution in [-0.2, 0) is 17.6 Å². The first-order valence-corrected chi connectivity index (χ1v) is 9.00. The Hall–Kier alpha value is -1.81. The van der Waals surface area contributed by atoms with E-state index in [0.717, 1.165) is 23.7 Å². The number of carbonyl (C=O) groups excluding carboxylic acids is 1. The number of ketones is 1. The zero-order valence-electron chi connectivity index (χ0n) is 15.0. The molecule has 2 atom stereocenters. The zero-order valence-corrected chi connectivity index (χ0v) is 15.8. The molecule has 2 unspecified atom stereocenters. The fourth-order valence-corrected chi connectivity index (χ4v) is 3.89. The van der Waals surface area contributed by atoms with E-state index in [2.05, 4.69) is 48.6 Å². The molecule has 1 aliphatic heterocycles. The Morgan fingerprint density at radius 3 is 2.75 bits per heavy atom. The number of rotatable bonds is 6. The van der Waals surface area contributed by atoms with Gasteiger partial charge in [0.25, 0.3) is 0 Å². The highest BCUT2D eigenvalue weighted by molar-refractivity contribution is 8.15. The van der Waals surface area contributed by atoms with Crippen molar-refractivity contribution in [2.75, 3.05) is 0 Å². The first-order chi connectivity index (χ1) is 11.3. The van der Waals surface area contributed by atoms with Crippen LogP contribution in [0, 0.1) is 6.92 Å². The van der Waals surface area contributed by atoms with Gasteiger partial charge in [0.1, 0.15) is 10.5 Å². The third-order valence-corrected chi connectivity index (χ3v) is 6.04. The van der Waals surface area contributed by atoms with Crippen LogP contribution in [0.25, 0.3) is 0 Å². The van der Waals surface area contributed by atoms with Gasteiger partial charge in [0.05, 0.1) is 6.04 Å². The minimum atomic E-state index is -0.481. The van der Waals surface area contributed by atoms with Gasteiger partial charge in [-0.2, -0.15) is 0 Å². The molecule has 128 valence electrons. The number of hydrogen-bond donors (Lipinski definition) is 1. The Kier molecular flexibility index (Phi) is 5.70. The van der Waals surface area contributed by atoms with Gasteiger partial charge in [0.2, 0.25) is 0 Å². The van der Waals surface area contributed by atoms with Crippen LogP contribution >= 0.6 is 11.8 Å². The summed E-state index contributed by atoms with van der Waals surface area (Å²) < 4.78 is -0.481. The number of benzene rings is 1. The summed E-state index contributed by atoms with van der Waals surface area (Å²) in [4.78, 5) is 16.5. The largest absolute Gasteiger partial charge is 0.339 e. The lowest BCUT2D eigenvalue weighted by Crippen LogP contribution is -2.37. The molecule has 24 heavy (non-hydrogen) atoms. The highest BCUT2D eigenvalue weighted by atomic mass is 32.2. The average Bonchev–Trinajstić information content (AvgIpc) is 2.78. The first kappa shape index (κ1) is 18.5. The smallest absolute Gasteiger partial charge is 0.162 e. The van der Waals surface area contributed by atoms with Gasteiger partial charge in [-0.3, -0.25) is 9.79 Å². The lowest BCUT2D eigenvalue weighted by Gasteiger charge is -2.23. The number of aryl methyl sites for hydroxylation is 1. The van der Waals surface area contributed by atoms with E-state index in [4.69, 9.17) is 0 Å². The highest BCUT2D eigenvalue weighted by Crippen LogP contribution is 2.38. The van der Waals surface area contributed by atoms with Crippen molar-refractivity contribution in [2.45, 2.75) is 51.3 Å². The van der Waals surface area contributed by atoms with E-state index < -0.39 is 4.75 Å². The first-order valence-electron chi connectivity index (χ1n) is 8.18. The molecule has 1 aromatic rings. The molecule has 0 spiro atoms. The predicted octanol–water partition coefficient (Wildman–Crippen LogP) is 4.21. The number of thioether (sulfide) groups is 1. The number of carbonyl (C=O) groups is 1. The van der Waals surface area contributed by atoms with E-state index in [9.17, 15) is 4.79 Å². The fourth-order valence-electron chi connectivity index (χ4n) is 2.71. The van der Waals surface area contributed by atoms with Crippen molar-refractivity contribution in [1.29, 1.82) is 0 Å². The van der Waals surface area contributed by atoms with Crippen molar-refractivity contribution in [3.8, 4) is 0 Å². The van der Waals surface area contributed by atoms with Crippen LogP contribution in [-0.4, -0.2) is 21.7 Å². The number of Topliss-reactive ketones (excluding diaryl/α,β-unsaturated/α-hetero) is 1. The van der Waals surface area contributed by atoms with Crippen LogP contribution in [0.2, 0.25) is 0 Å². The van der Waals surface area contributed by atoms with E-state index in [0.29, 0.717) is 0 Å². The molecular formula is C20H26N2OS. The van der Waals surface area contributed by atoms with Crippen LogP contribution in [0.1, 0.15) is 37.5 Å². The lowest BCUT2D eigenvalue weighted by molar-refractivity contribution is -0.119. The molecule has 0 aromatic heterocycles. The molecule has 1 N–H and O–H groups in total. The summed E-state index contributed by atoms with van der Waals surface area (Å²) in [5, 5.41) is 4.07. The van der Waals surface area contributed by atoms with Gasteiger partial charge in [-0.15, -0.1) is 6.58 Å². The van der Waals surface area contributed by atoms with Gasteiger partial charge in [0, 0.05) is 12.1 Å². The second-order valence-electron chi connectivity index (χ2n) is 6.53. The third-order valence-electron chi connectivity index (χ3n) is 4.59. The average molecular weight is 343 g/mol. The van der Waals surface area contributed by atoms with E-state index >= 15 is 0 Å². The molecule has 4 heteroatoms. The van der Waals surface area contributed by atoms with Crippen molar-refractivity contribution >= 4 is 22.7 Å². The highest BCUT2D eigenvalue weighted by Gasteiger charge is 2.43. The molecule has 0 saturated heterocycles. The van der Waals surface area contributed by atoms with Crippen LogP contribution in [0.4, 0.5) is 0 Å². The predicted molar refractivity (Wildman–Crippen MR) is 105 cm³/mol. The van der Waals surface area contributed by atoms with Crippen molar-refractivity contribution < 1.29 is 4.79 Å². The topological polar surface area (TPSA) is 41.5 Å².